The average Bonchev–Trinajstić information content (AvgIpc) is 2.95. The number of benzene rings is 1. The van der Waals surface area contributed by atoms with E-state index in [0.29, 0.717) is 31.9 Å². The van der Waals surface area contributed by atoms with E-state index < -0.39 is 0 Å². The number of carbonyl (C=O) groups excluding carboxylic acids is 2. The Morgan fingerprint density at radius 2 is 1.46 bits per heavy atom. The maximum absolute atomic E-state index is 12.8. The molecule has 2 heterocycles. The van der Waals surface area contributed by atoms with Crippen LogP contribution in [0.15, 0.2) is 18.2 Å². The third kappa shape index (κ3) is 3.36. The van der Waals surface area contributed by atoms with Crippen LogP contribution in [-0.2, 0) is 11.8 Å². The number of amides is 2. The van der Waals surface area contributed by atoms with Gasteiger partial charge in [-0.1, -0.05) is 17.7 Å². The molecule has 1 saturated heterocycles. The molecule has 0 radical (unpaired) electrons. The van der Waals surface area contributed by atoms with Crippen LogP contribution >= 0.6 is 0 Å². The maximum Gasteiger partial charge on any atom is 0.274 e. The molecule has 2 aromatic rings. The standard InChI is InChI=1S/C20H26N4O2/c1-13-10-14(2)19(15(3)11-13)18-12-17(21-22(18)5)20(26)24-8-6-23(7-9-24)16(4)25/h10-12H,6-9H2,1-5H3. The van der Waals surface area contributed by atoms with Crippen LogP contribution < -0.4 is 0 Å². The van der Waals surface area contributed by atoms with Crippen molar-refractivity contribution in [3.63, 3.8) is 0 Å². The molecule has 1 aliphatic rings. The summed E-state index contributed by atoms with van der Waals surface area (Å²) in [5.74, 6) is -0.0139. The van der Waals surface area contributed by atoms with Gasteiger partial charge in [0.15, 0.2) is 5.69 Å². The van der Waals surface area contributed by atoms with Gasteiger partial charge >= 0.3 is 0 Å². The van der Waals surface area contributed by atoms with Crippen molar-refractivity contribution < 1.29 is 9.59 Å². The van der Waals surface area contributed by atoms with Crippen LogP contribution in [0.25, 0.3) is 11.3 Å². The van der Waals surface area contributed by atoms with E-state index in [4.69, 9.17) is 0 Å². The summed E-state index contributed by atoms with van der Waals surface area (Å²) in [6.45, 7) is 10.1. The molecule has 0 unspecified atom stereocenters. The molecular formula is C20H26N4O2. The quantitative estimate of drug-likeness (QED) is 0.832. The van der Waals surface area contributed by atoms with Crippen molar-refractivity contribution in [3.05, 3.63) is 40.6 Å². The van der Waals surface area contributed by atoms with Crippen molar-refractivity contribution in [1.82, 2.24) is 19.6 Å². The average molecular weight is 354 g/mol. The molecule has 6 nitrogen and oxygen atoms in total. The number of carbonyl (C=O) groups is 2. The Balaban J connectivity index is 1.85. The van der Waals surface area contributed by atoms with Crippen LogP contribution in [0.1, 0.15) is 34.1 Å². The summed E-state index contributed by atoms with van der Waals surface area (Å²) < 4.78 is 1.78. The van der Waals surface area contributed by atoms with E-state index in [1.165, 1.54) is 16.7 Å². The van der Waals surface area contributed by atoms with Crippen LogP contribution in [0.3, 0.4) is 0 Å². The smallest absolute Gasteiger partial charge is 0.274 e. The van der Waals surface area contributed by atoms with Gasteiger partial charge in [0.25, 0.3) is 5.91 Å². The first-order valence-corrected chi connectivity index (χ1v) is 8.95. The van der Waals surface area contributed by atoms with E-state index in [1.807, 2.05) is 13.1 Å². The van der Waals surface area contributed by atoms with Crippen molar-refractivity contribution in [2.24, 2.45) is 7.05 Å². The predicted octanol–water partition coefficient (Wildman–Crippen LogP) is 2.32. The largest absolute Gasteiger partial charge is 0.339 e. The van der Waals surface area contributed by atoms with Gasteiger partial charge < -0.3 is 9.80 Å². The summed E-state index contributed by atoms with van der Waals surface area (Å²) in [4.78, 5) is 27.8. The lowest BCUT2D eigenvalue weighted by atomic mass is 9.97. The van der Waals surface area contributed by atoms with Crippen LogP contribution in [-0.4, -0.2) is 57.6 Å². The molecule has 138 valence electrons. The van der Waals surface area contributed by atoms with Crippen molar-refractivity contribution in [2.45, 2.75) is 27.7 Å². The highest BCUT2D eigenvalue weighted by molar-refractivity contribution is 5.94. The molecule has 0 N–H and O–H groups in total. The highest BCUT2D eigenvalue weighted by atomic mass is 16.2. The lowest BCUT2D eigenvalue weighted by Crippen LogP contribution is -2.50. The molecule has 1 aromatic heterocycles. The summed E-state index contributed by atoms with van der Waals surface area (Å²) in [7, 11) is 1.87. The molecule has 1 aromatic carbocycles. The molecule has 0 atom stereocenters. The third-order valence-electron chi connectivity index (χ3n) is 5.04. The van der Waals surface area contributed by atoms with Crippen molar-refractivity contribution >= 4 is 11.8 Å². The third-order valence-corrected chi connectivity index (χ3v) is 5.04. The second-order valence-corrected chi connectivity index (χ2v) is 7.11. The number of nitrogens with zero attached hydrogens (tertiary/aromatic N) is 4. The van der Waals surface area contributed by atoms with E-state index >= 15 is 0 Å². The molecule has 0 spiro atoms. The van der Waals surface area contributed by atoms with Gasteiger partial charge in [0, 0.05) is 45.7 Å². The number of piperazine rings is 1. The van der Waals surface area contributed by atoms with Crippen molar-refractivity contribution in [2.75, 3.05) is 26.2 Å². The van der Waals surface area contributed by atoms with E-state index in [0.717, 1.165) is 11.3 Å². The lowest BCUT2D eigenvalue weighted by molar-refractivity contribution is -0.130. The molecule has 1 fully saturated rings. The second-order valence-electron chi connectivity index (χ2n) is 7.11. The zero-order chi connectivity index (χ0) is 19.0. The van der Waals surface area contributed by atoms with Gasteiger partial charge in [0.05, 0.1) is 5.69 Å². The lowest BCUT2D eigenvalue weighted by Gasteiger charge is -2.33. The first-order chi connectivity index (χ1) is 12.3. The minimum absolute atomic E-state index is 0.0579. The Kier molecular flexibility index (Phi) is 4.85. The van der Waals surface area contributed by atoms with Gasteiger partial charge in [-0.25, -0.2) is 0 Å². The number of aryl methyl sites for hydroxylation is 4. The predicted molar refractivity (Wildman–Crippen MR) is 101 cm³/mol. The van der Waals surface area contributed by atoms with Gasteiger partial charge in [0.1, 0.15) is 0 Å². The van der Waals surface area contributed by atoms with E-state index in [9.17, 15) is 9.59 Å². The Bertz CT molecular complexity index is 838. The zero-order valence-corrected chi connectivity index (χ0v) is 16.2. The second kappa shape index (κ2) is 6.94. The SMILES string of the molecule is CC(=O)N1CCN(C(=O)c2cc(-c3c(C)cc(C)cc3C)n(C)n2)CC1. The summed E-state index contributed by atoms with van der Waals surface area (Å²) in [6.07, 6.45) is 0. The summed E-state index contributed by atoms with van der Waals surface area (Å²) in [5, 5.41) is 4.47. The Hall–Kier alpha value is -2.63. The summed E-state index contributed by atoms with van der Waals surface area (Å²) >= 11 is 0. The van der Waals surface area contributed by atoms with E-state index in [1.54, 1.807) is 21.4 Å². The van der Waals surface area contributed by atoms with Gasteiger partial charge in [-0.3, -0.25) is 14.3 Å². The van der Waals surface area contributed by atoms with Gasteiger partial charge in [-0.2, -0.15) is 5.10 Å². The Morgan fingerprint density at radius 1 is 0.923 bits per heavy atom. The highest BCUT2D eigenvalue weighted by Crippen LogP contribution is 2.29. The summed E-state index contributed by atoms with van der Waals surface area (Å²) in [5.41, 5.74) is 6.12. The van der Waals surface area contributed by atoms with Gasteiger partial charge in [0.2, 0.25) is 5.91 Å². The van der Waals surface area contributed by atoms with Crippen LogP contribution in [0.5, 0.6) is 0 Å². The topological polar surface area (TPSA) is 58.4 Å². The number of rotatable bonds is 2. The van der Waals surface area contributed by atoms with Gasteiger partial charge in [-0.15, -0.1) is 0 Å². The van der Waals surface area contributed by atoms with Gasteiger partial charge in [-0.05, 0) is 38.0 Å². The number of aromatic nitrogens is 2. The first kappa shape index (κ1) is 18.2. The Labute approximate surface area is 154 Å². The van der Waals surface area contributed by atoms with Crippen LogP contribution in [0.4, 0.5) is 0 Å². The Morgan fingerprint density at radius 3 is 2.00 bits per heavy atom. The van der Waals surface area contributed by atoms with Crippen LogP contribution in [0, 0.1) is 20.8 Å². The fraction of sp³-hybridized carbons (Fsp3) is 0.450. The highest BCUT2D eigenvalue weighted by Gasteiger charge is 2.26. The molecule has 0 bridgehead atoms. The number of hydrogen-bond donors (Lipinski definition) is 0. The number of hydrogen-bond acceptors (Lipinski definition) is 3. The molecule has 0 saturated carbocycles. The first-order valence-electron chi connectivity index (χ1n) is 8.95. The molecule has 1 aliphatic heterocycles. The molecule has 0 aliphatic carbocycles. The molecule has 3 rings (SSSR count). The minimum Gasteiger partial charge on any atom is -0.339 e. The van der Waals surface area contributed by atoms with Crippen molar-refractivity contribution in [3.8, 4) is 11.3 Å². The molecule has 26 heavy (non-hydrogen) atoms. The van der Waals surface area contributed by atoms with E-state index in [2.05, 4.69) is 38.0 Å². The molecule has 6 heteroatoms. The summed E-state index contributed by atoms with van der Waals surface area (Å²) in [6, 6.07) is 6.18. The van der Waals surface area contributed by atoms with E-state index in [-0.39, 0.29) is 11.8 Å². The monoisotopic (exact) mass is 354 g/mol. The zero-order valence-electron chi connectivity index (χ0n) is 16.2. The molecular weight excluding hydrogens is 328 g/mol. The minimum atomic E-state index is -0.0718. The molecule has 2 amide bonds. The maximum atomic E-state index is 12.8. The fourth-order valence-corrected chi connectivity index (χ4v) is 3.78. The van der Waals surface area contributed by atoms with Crippen molar-refractivity contribution in [1.29, 1.82) is 0 Å². The van der Waals surface area contributed by atoms with Crippen LogP contribution in [0.2, 0.25) is 0 Å². The normalized spacial score (nSPS) is 14.7. The fourth-order valence-electron chi connectivity index (χ4n) is 3.78.